The molecule has 0 spiro atoms. The van der Waals surface area contributed by atoms with Crippen LogP contribution in [0.1, 0.15) is 29.7 Å². The maximum absolute atomic E-state index is 12.0. The van der Waals surface area contributed by atoms with Crippen molar-refractivity contribution in [3.8, 4) is 0 Å². The van der Waals surface area contributed by atoms with Crippen LogP contribution in [0.5, 0.6) is 0 Å². The summed E-state index contributed by atoms with van der Waals surface area (Å²) in [7, 11) is 0. The van der Waals surface area contributed by atoms with Crippen molar-refractivity contribution in [1.82, 2.24) is 0 Å². The van der Waals surface area contributed by atoms with Gasteiger partial charge in [0.1, 0.15) is 0 Å². The minimum atomic E-state index is -0.538. The number of amides is 1. The minimum absolute atomic E-state index is 0.0571. The Labute approximate surface area is 119 Å². The number of benzene rings is 2. The van der Waals surface area contributed by atoms with Gasteiger partial charge in [-0.15, -0.1) is 0 Å². The van der Waals surface area contributed by atoms with E-state index in [4.69, 9.17) is 0 Å². The number of aliphatic hydroxyl groups excluding tert-OH is 1. The lowest BCUT2D eigenvalue weighted by molar-refractivity contribution is -0.115. The van der Waals surface area contributed by atoms with Gasteiger partial charge in [-0.05, 0) is 37.1 Å². The average molecular weight is 269 g/mol. The highest BCUT2D eigenvalue weighted by Crippen LogP contribution is 2.17. The smallest absolute Gasteiger partial charge is 0.228 e. The highest BCUT2D eigenvalue weighted by Gasteiger charge is 2.06. The second-order valence-electron chi connectivity index (χ2n) is 5.02. The van der Waals surface area contributed by atoms with Crippen molar-refractivity contribution >= 4 is 11.6 Å². The topological polar surface area (TPSA) is 49.3 Å². The summed E-state index contributed by atoms with van der Waals surface area (Å²) in [5.41, 5.74) is 3.64. The predicted octanol–water partition coefficient (Wildman–Crippen LogP) is 3.23. The van der Waals surface area contributed by atoms with Crippen molar-refractivity contribution < 1.29 is 9.90 Å². The molecule has 104 valence electrons. The zero-order chi connectivity index (χ0) is 14.5. The first kappa shape index (κ1) is 14.3. The van der Waals surface area contributed by atoms with E-state index in [9.17, 15) is 9.90 Å². The molecule has 0 heterocycles. The summed E-state index contributed by atoms with van der Waals surface area (Å²) in [6.07, 6.45) is -0.191. The maximum atomic E-state index is 12.0. The molecule has 0 saturated carbocycles. The van der Waals surface area contributed by atoms with Crippen molar-refractivity contribution in [2.24, 2.45) is 0 Å². The molecule has 2 aromatic rings. The van der Waals surface area contributed by atoms with Crippen LogP contribution in [-0.4, -0.2) is 11.0 Å². The number of hydrogen-bond acceptors (Lipinski definition) is 2. The van der Waals surface area contributed by atoms with Crippen LogP contribution < -0.4 is 5.32 Å². The van der Waals surface area contributed by atoms with Crippen LogP contribution in [0.3, 0.4) is 0 Å². The van der Waals surface area contributed by atoms with Crippen molar-refractivity contribution in [3.63, 3.8) is 0 Å². The van der Waals surface area contributed by atoms with E-state index in [2.05, 4.69) is 5.32 Å². The van der Waals surface area contributed by atoms with Gasteiger partial charge in [-0.3, -0.25) is 4.79 Å². The fraction of sp³-hybridized carbons (Fsp3) is 0.235. The monoisotopic (exact) mass is 269 g/mol. The lowest BCUT2D eigenvalue weighted by Crippen LogP contribution is -2.14. The number of hydrogen-bond donors (Lipinski definition) is 2. The second-order valence-corrected chi connectivity index (χ2v) is 5.02. The number of carbonyl (C=O) groups excluding carboxylic acids is 1. The summed E-state index contributed by atoms with van der Waals surface area (Å²) in [5, 5.41) is 12.4. The lowest BCUT2D eigenvalue weighted by atomic mass is 10.1. The molecule has 0 saturated heterocycles. The van der Waals surface area contributed by atoms with Crippen LogP contribution in [0.2, 0.25) is 0 Å². The number of anilines is 1. The van der Waals surface area contributed by atoms with Gasteiger partial charge in [-0.2, -0.15) is 0 Å². The highest BCUT2D eigenvalue weighted by atomic mass is 16.3. The van der Waals surface area contributed by atoms with Gasteiger partial charge in [0.15, 0.2) is 0 Å². The number of carbonyl (C=O) groups is 1. The zero-order valence-corrected chi connectivity index (χ0v) is 11.8. The first-order valence-corrected chi connectivity index (χ1v) is 6.68. The summed E-state index contributed by atoms with van der Waals surface area (Å²) in [6.45, 7) is 3.71. The standard InChI is InChI=1S/C17H19NO2/c1-12-5-3-6-14(9-12)10-17(20)18-16-8-4-7-15(11-16)13(2)19/h3-9,11,13,19H,10H2,1-2H3,(H,18,20)/t13-/m1/s1. The van der Waals surface area contributed by atoms with Crippen LogP contribution >= 0.6 is 0 Å². The zero-order valence-electron chi connectivity index (χ0n) is 11.8. The Morgan fingerprint density at radius 2 is 1.95 bits per heavy atom. The number of aryl methyl sites for hydroxylation is 1. The first-order chi connectivity index (χ1) is 9.54. The van der Waals surface area contributed by atoms with Crippen LogP contribution in [0.15, 0.2) is 48.5 Å². The quantitative estimate of drug-likeness (QED) is 0.895. The fourth-order valence-electron chi connectivity index (χ4n) is 2.09. The number of nitrogens with one attached hydrogen (secondary N) is 1. The first-order valence-electron chi connectivity index (χ1n) is 6.68. The van der Waals surface area contributed by atoms with Crippen LogP contribution in [0.25, 0.3) is 0 Å². The van der Waals surface area contributed by atoms with E-state index >= 15 is 0 Å². The van der Waals surface area contributed by atoms with Gasteiger partial charge >= 0.3 is 0 Å². The summed E-state index contributed by atoms with van der Waals surface area (Å²) in [6, 6.07) is 15.2. The SMILES string of the molecule is Cc1cccc(CC(=O)Nc2cccc([C@@H](C)O)c2)c1. The third kappa shape index (κ3) is 3.93. The molecule has 2 N–H and O–H groups in total. The molecule has 0 unspecified atom stereocenters. The fourth-order valence-corrected chi connectivity index (χ4v) is 2.09. The Hall–Kier alpha value is -2.13. The van der Waals surface area contributed by atoms with Crippen molar-refractivity contribution in [2.45, 2.75) is 26.4 Å². The van der Waals surface area contributed by atoms with Gasteiger partial charge in [-0.25, -0.2) is 0 Å². The molecule has 0 radical (unpaired) electrons. The number of rotatable bonds is 4. The second kappa shape index (κ2) is 6.35. The van der Waals surface area contributed by atoms with Crippen molar-refractivity contribution in [2.75, 3.05) is 5.32 Å². The molecule has 0 aliphatic rings. The van der Waals surface area contributed by atoms with Gasteiger partial charge < -0.3 is 10.4 Å². The molecule has 3 nitrogen and oxygen atoms in total. The average Bonchev–Trinajstić information content (AvgIpc) is 2.38. The van der Waals surface area contributed by atoms with Gasteiger partial charge in [0, 0.05) is 5.69 Å². The third-order valence-electron chi connectivity index (χ3n) is 3.10. The highest BCUT2D eigenvalue weighted by molar-refractivity contribution is 5.92. The minimum Gasteiger partial charge on any atom is -0.389 e. The Balaban J connectivity index is 2.03. The summed E-state index contributed by atoms with van der Waals surface area (Å²) in [5.74, 6) is -0.0571. The summed E-state index contributed by atoms with van der Waals surface area (Å²) >= 11 is 0. The lowest BCUT2D eigenvalue weighted by Gasteiger charge is -2.09. The summed E-state index contributed by atoms with van der Waals surface area (Å²) < 4.78 is 0. The van der Waals surface area contributed by atoms with Crippen LogP contribution in [-0.2, 0) is 11.2 Å². The number of aliphatic hydroxyl groups is 1. The third-order valence-corrected chi connectivity index (χ3v) is 3.10. The van der Waals surface area contributed by atoms with E-state index in [1.165, 1.54) is 0 Å². The normalized spacial score (nSPS) is 11.9. The van der Waals surface area contributed by atoms with Crippen molar-refractivity contribution in [3.05, 3.63) is 65.2 Å². The Morgan fingerprint density at radius 3 is 2.65 bits per heavy atom. The van der Waals surface area contributed by atoms with E-state index in [1.54, 1.807) is 13.0 Å². The van der Waals surface area contributed by atoms with E-state index in [0.717, 1.165) is 16.7 Å². The molecule has 0 aliphatic carbocycles. The molecule has 0 aliphatic heterocycles. The van der Waals surface area contributed by atoms with Gasteiger partial charge in [-0.1, -0.05) is 42.0 Å². The largest absolute Gasteiger partial charge is 0.389 e. The Morgan fingerprint density at radius 1 is 1.20 bits per heavy atom. The molecule has 2 aromatic carbocycles. The molecule has 20 heavy (non-hydrogen) atoms. The molecule has 0 aromatic heterocycles. The van der Waals surface area contributed by atoms with E-state index in [1.807, 2.05) is 49.4 Å². The van der Waals surface area contributed by atoms with Gasteiger partial charge in [0.25, 0.3) is 0 Å². The summed E-state index contributed by atoms with van der Waals surface area (Å²) in [4.78, 5) is 12.0. The molecule has 0 bridgehead atoms. The van der Waals surface area contributed by atoms with Crippen molar-refractivity contribution in [1.29, 1.82) is 0 Å². The molecular formula is C17H19NO2. The molecule has 3 heteroatoms. The maximum Gasteiger partial charge on any atom is 0.228 e. The van der Waals surface area contributed by atoms with E-state index in [0.29, 0.717) is 12.1 Å². The van der Waals surface area contributed by atoms with Crippen LogP contribution in [0, 0.1) is 6.92 Å². The van der Waals surface area contributed by atoms with E-state index < -0.39 is 6.10 Å². The molecular weight excluding hydrogens is 250 g/mol. The Kier molecular flexibility index (Phi) is 4.53. The van der Waals surface area contributed by atoms with E-state index in [-0.39, 0.29) is 5.91 Å². The molecule has 1 atom stereocenters. The van der Waals surface area contributed by atoms with Gasteiger partial charge in [0.2, 0.25) is 5.91 Å². The Bertz CT molecular complexity index is 605. The molecule has 1 amide bonds. The predicted molar refractivity (Wildman–Crippen MR) is 80.6 cm³/mol. The van der Waals surface area contributed by atoms with Gasteiger partial charge in [0.05, 0.1) is 12.5 Å². The molecule has 0 fully saturated rings. The van der Waals surface area contributed by atoms with Crippen LogP contribution in [0.4, 0.5) is 5.69 Å². The molecule has 2 rings (SSSR count).